The number of nitrogens with one attached hydrogen (secondary N) is 2. The van der Waals surface area contributed by atoms with Crippen LogP contribution in [0.3, 0.4) is 0 Å². The Hall–Kier alpha value is -5.68. The number of methoxy groups -OCH3 is 1. The molecule has 2 N–H and O–H groups in total. The number of carbonyl (C=O) groups excluding carboxylic acids is 1. The molecule has 0 atom stereocenters. The second-order valence-electron chi connectivity index (χ2n) is 11.0. The fraction of sp³-hybridized carbons (Fsp3) is 0.281. The van der Waals surface area contributed by atoms with E-state index in [1.54, 1.807) is 41.6 Å². The van der Waals surface area contributed by atoms with Gasteiger partial charge < -0.3 is 15.0 Å². The lowest BCUT2D eigenvalue weighted by Gasteiger charge is -2.38. The van der Waals surface area contributed by atoms with Crippen LogP contribution >= 0.6 is 11.6 Å². The van der Waals surface area contributed by atoms with Crippen LogP contribution in [0.4, 0.5) is 16.6 Å². The quantitative estimate of drug-likeness (QED) is 0.216. The highest BCUT2D eigenvalue weighted by molar-refractivity contribution is 6.32. The molecule has 0 saturated heterocycles. The van der Waals surface area contributed by atoms with E-state index in [0.29, 0.717) is 58.8 Å². The van der Waals surface area contributed by atoms with Gasteiger partial charge in [0.15, 0.2) is 5.82 Å². The number of hydrogen-bond donors (Lipinski definition) is 2. The number of halogens is 1. The maximum absolute atomic E-state index is 14.1. The maximum Gasteiger partial charge on any atom is 0.326 e. The van der Waals surface area contributed by atoms with Crippen LogP contribution < -0.4 is 15.0 Å². The molecule has 1 fully saturated rings. The largest absolute Gasteiger partial charge is 0.467 e. The number of benzene rings is 1. The van der Waals surface area contributed by atoms with Crippen molar-refractivity contribution in [1.29, 1.82) is 5.26 Å². The van der Waals surface area contributed by atoms with Gasteiger partial charge in [-0.2, -0.15) is 10.4 Å². The van der Waals surface area contributed by atoms with Gasteiger partial charge in [0.05, 0.1) is 42.0 Å². The Balaban J connectivity index is 1.19. The van der Waals surface area contributed by atoms with E-state index in [9.17, 15) is 10.1 Å². The van der Waals surface area contributed by atoms with Gasteiger partial charge in [-0.15, -0.1) is 0 Å². The summed E-state index contributed by atoms with van der Waals surface area (Å²) in [5.41, 5.74) is 3.29. The molecule has 5 aromatic rings. The van der Waals surface area contributed by atoms with Gasteiger partial charge in [0.25, 0.3) is 0 Å². The van der Waals surface area contributed by atoms with Crippen LogP contribution in [0.15, 0.2) is 67.5 Å². The smallest absolute Gasteiger partial charge is 0.326 e. The highest BCUT2D eigenvalue weighted by Gasteiger charge is 2.33. The van der Waals surface area contributed by atoms with Crippen molar-refractivity contribution in [3.8, 4) is 34.7 Å². The van der Waals surface area contributed by atoms with Gasteiger partial charge in [-0.05, 0) is 31.2 Å². The first-order valence-electron chi connectivity index (χ1n) is 14.9. The number of H-pyrrole nitrogens is 1. The second-order valence-corrected chi connectivity index (χ2v) is 11.4. The number of anilines is 2. The summed E-state index contributed by atoms with van der Waals surface area (Å²) in [5, 5.41) is 20.2. The van der Waals surface area contributed by atoms with Gasteiger partial charge in [-0.1, -0.05) is 41.9 Å². The molecule has 4 heterocycles. The number of aromatic nitrogens is 8. The van der Waals surface area contributed by atoms with Crippen LogP contribution in [0.5, 0.6) is 6.01 Å². The Labute approximate surface area is 275 Å². The summed E-state index contributed by atoms with van der Waals surface area (Å²) in [7, 11) is 3.29. The van der Waals surface area contributed by atoms with E-state index >= 15 is 0 Å². The molecule has 0 aliphatic heterocycles. The van der Waals surface area contributed by atoms with Crippen LogP contribution in [-0.4, -0.2) is 77.3 Å². The van der Waals surface area contributed by atoms with Crippen molar-refractivity contribution in [2.45, 2.75) is 44.3 Å². The van der Waals surface area contributed by atoms with Crippen molar-refractivity contribution in [1.82, 2.24) is 45.0 Å². The third-order valence-corrected chi connectivity index (χ3v) is 8.20. The van der Waals surface area contributed by atoms with Crippen molar-refractivity contribution < 1.29 is 9.53 Å². The number of amides is 2. The van der Waals surface area contributed by atoms with Crippen LogP contribution in [-0.2, 0) is 6.54 Å². The number of nitriles is 1. The van der Waals surface area contributed by atoms with E-state index < -0.39 is 0 Å². The number of aromatic amines is 1. The standard InChI is InChI=1S/C32H31ClN12O2/c1-44(19-20-6-4-3-5-7-20)32(46)45(27-18-35-26(17-36-27)22-14-38-31(47-2)39-15-22)24-10-8-23(9-11-24)41-30-37-13-21(12-34)28(42-30)29-25(33)16-40-43-29/h3-7,13-18,23-24H,8-11,19H2,1-2H3,(H,40,43)(H,37,41,42). The number of ether oxygens (including phenoxy) is 1. The van der Waals surface area contributed by atoms with Gasteiger partial charge in [-0.25, -0.2) is 29.7 Å². The average Bonchev–Trinajstić information content (AvgIpc) is 3.55. The van der Waals surface area contributed by atoms with E-state index in [-0.39, 0.29) is 29.7 Å². The predicted molar refractivity (Wildman–Crippen MR) is 174 cm³/mol. The molecule has 14 nitrogen and oxygen atoms in total. The summed E-state index contributed by atoms with van der Waals surface area (Å²) in [6.07, 6.45) is 12.4. The molecule has 47 heavy (non-hydrogen) atoms. The third kappa shape index (κ3) is 7.10. The highest BCUT2D eigenvalue weighted by atomic mass is 35.5. The van der Waals surface area contributed by atoms with E-state index in [4.69, 9.17) is 16.3 Å². The van der Waals surface area contributed by atoms with Crippen LogP contribution in [0, 0.1) is 11.3 Å². The predicted octanol–water partition coefficient (Wildman–Crippen LogP) is 5.13. The first-order chi connectivity index (χ1) is 22.9. The Bertz CT molecular complexity index is 1850. The molecular weight excluding hydrogens is 620 g/mol. The van der Waals surface area contributed by atoms with E-state index in [0.717, 1.165) is 18.4 Å². The minimum atomic E-state index is -0.170. The van der Waals surface area contributed by atoms with Crippen LogP contribution in [0.25, 0.3) is 22.6 Å². The molecule has 0 unspecified atom stereocenters. The molecule has 0 bridgehead atoms. The lowest BCUT2D eigenvalue weighted by molar-refractivity contribution is 0.207. The van der Waals surface area contributed by atoms with Crippen molar-refractivity contribution >= 4 is 29.4 Å². The number of carbonyl (C=O) groups is 1. The topological polar surface area (TPSA) is 175 Å². The van der Waals surface area contributed by atoms with Crippen molar-refractivity contribution in [3.05, 3.63) is 83.7 Å². The molecule has 238 valence electrons. The molecule has 15 heteroatoms. The van der Waals surface area contributed by atoms with E-state index in [1.807, 2.05) is 30.3 Å². The Morgan fingerprint density at radius 1 is 1.02 bits per heavy atom. The van der Waals surface area contributed by atoms with Gasteiger partial charge >= 0.3 is 12.0 Å². The third-order valence-electron chi connectivity index (χ3n) is 7.91. The van der Waals surface area contributed by atoms with E-state index in [2.05, 4.69) is 51.5 Å². The lowest BCUT2D eigenvalue weighted by atomic mass is 9.90. The summed E-state index contributed by atoms with van der Waals surface area (Å²) in [6.45, 7) is 0.445. The zero-order valence-electron chi connectivity index (χ0n) is 25.7. The molecule has 1 aromatic carbocycles. The first kappa shape index (κ1) is 31.3. The minimum absolute atomic E-state index is 0.0456. The number of urea groups is 1. The monoisotopic (exact) mass is 650 g/mol. The zero-order chi connectivity index (χ0) is 32.8. The summed E-state index contributed by atoms with van der Waals surface area (Å²) < 4.78 is 5.05. The molecule has 6 rings (SSSR count). The Morgan fingerprint density at radius 3 is 2.43 bits per heavy atom. The number of hydrogen-bond acceptors (Lipinski definition) is 11. The summed E-state index contributed by atoms with van der Waals surface area (Å²) in [5.74, 6) is 0.835. The SMILES string of the molecule is COc1ncc(-c2cnc(N(C(=O)N(C)Cc3ccccc3)C3CCC(Nc4ncc(C#N)c(-c5n[nH]cc5Cl)n4)CC3)cn2)cn1. The van der Waals surface area contributed by atoms with Crippen molar-refractivity contribution in [2.75, 3.05) is 24.4 Å². The van der Waals surface area contributed by atoms with Crippen molar-refractivity contribution in [3.63, 3.8) is 0 Å². The van der Waals surface area contributed by atoms with Gasteiger partial charge in [-0.3, -0.25) is 15.0 Å². The Kier molecular flexibility index (Phi) is 9.44. The van der Waals surface area contributed by atoms with Gasteiger partial charge in [0.1, 0.15) is 17.5 Å². The second kappa shape index (κ2) is 14.2. The van der Waals surface area contributed by atoms with Crippen LogP contribution in [0.1, 0.15) is 36.8 Å². The maximum atomic E-state index is 14.1. The molecule has 2 amide bonds. The van der Waals surface area contributed by atoms with Gasteiger partial charge in [0, 0.05) is 49.8 Å². The average molecular weight is 651 g/mol. The summed E-state index contributed by atoms with van der Waals surface area (Å²) >= 11 is 6.25. The zero-order valence-corrected chi connectivity index (χ0v) is 26.5. The van der Waals surface area contributed by atoms with Crippen molar-refractivity contribution in [2.24, 2.45) is 0 Å². The van der Waals surface area contributed by atoms with Crippen LogP contribution in [0.2, 0.25) is 5.02 Å². The lowest BCUT2D eigenvalue weighted by Crippen LogP contribution is -2.49. The molecule has 1 saturated carbocycles. The molecule has 1 aliphatic carbocycles. The molecule has 1 aliphatic rings. The summed E-state index contributed by atoms with van der Waals surface area (Å²) in [6, 6.07) is 12.0. The molecule has 0 spiro atoms. The highest BCUT2D eigenvalue weighted by Crippen LogP contribution is 2.31. The van der Waals surface area contributed by atoms with E-state index in [1.165, 1.54) is 19.5 Å². The van der Waals surface area contributed by atoms with Gasteiger partial charge in [0.2, 0.25) is 5.95 Å². The Morgan fingerprint density at radius 2 is 1.79 bits per heavy atom. The number of rotatable bonds is 9. The molecular formula is C32H31ClN12O2. The first-order valence-corrected chi connectivity index (χ1v) is 15.3. The number of nitrogens with zero attached hydrogens (tertiary/aromatic N) is 10. The summed E-state index contributed by atoms with van der Waals surface area (Å²) in [4.78, 5) is 44.0. The minimum Gasteiger partial charge on any atom is -0.467 e. The fourth-order valence-corrected chi connectivity index (χ4v) is 5.70. The molecule has 4 aromatic heterocycles. The fourth-order valence-electron chi connectivity index (χ4n) is 5.51. The normalized spacial score (nSPS) is 15.8. The molecule has 0 radical (unpaired) electrons.